The monoisotopic (exact) mass is 568 g/mol. The maximum Gasteiger partial charge on any atom is 0.417 e. The second-order valence-electron chi connectivity index (χ2n) is 9.29. The summed E-state index contributed by atoms with van der Waals surface area (Å²) >= 11 is 0. The number of halogens is 4. The highest BCUT2D eigenvalue weighted by Gasteiger charge is 2.36. The van der Waals surface area contributed by atoms with Crippen LogP contribution >= 0.6 is 0 Å². The standard InChI is InChI=1S/C28H24F4N6O3/c1-37-8-7-22(36-37)18-13-19(21(29)14-20(18)28(30,31)32)27(40)34-23-16-33-24(15-25(39)38-9-11-41-12-10-38)35-26(23)17-5-3-2-4-6-17/h2-8,13-14,16H,9-12,15H2,1H3,(H,34,40). The van der Waals surface area contributed by atoms with Crippen molar-refractivity contribution >= 4 is 17.5 Å². The Morgan fingerprint density at radius 1 is 1.07 bits per heavy atom. The highest BCUT2D eigenvalue weighted by molar-refractivity contribution is 6.06. The molecule has 2 amide bonds. The highest BCUT2D eigenvalue weighted by atomic mass is 19.4. The van der Waals surface area contributed by atoms with Crippen molar-refractivity contribution < 1.29 is 31.9 Å². The van der Waals surface area contributed by atoms with E-state index in [9.17, 15) is 27.2 Å². The van der Waals surface area contributed by atoms with E-state index in [2.05, 4.69) is 20.4 Å². The largest absolute Gasteiger partial charge is 0.417 e. The van der Waals surface area contributed by atoms with Gasteiger partial charge >= 0.3 is 6.18 Å². The minimum Gasteiger partial charge on any atom is -0.378 e. The summed E-state index contributed by atoms with van der Waals surface area (Å²) in [4.78, 5) is 36.4. The topological polar surface area (TPSA) is 102 Å². The molecule has 1 N–H and O–H groups in total. The smallest absolute Gasteiger partial charge is 0.378 e. The van der Waals surface area contributed by atoms with Gasteiger partial charge in [0.2, 0.25) is 5.91 Å². The first-order valence-corrected chi connectivity index (χ1v) is 12.6. The van der Waals surface area contributed by atoms with E-state index in [0.717, 1.165) is 6.07 Å². The molecule has 3 heterocycles. The first-order valence-electron chi connectivity index (χ1n) is 12.6. The number of carbonyl (C=O) groups is 2. The Balaban J connectivity index is 1.48. The van der Waals surface area contributed by atoms with Gasteiger partial charge in [0.1, 0.15) is 11.6 Å². The van der Waals surface area contributed by atoms with Crippen LogP contribution in [-0.2, 0) is 29.2 Å². The number of amides is 2. The van der Waals surface area contributed by atoms with Crippen LogP contribution in [0.25, 0.3) is 22.5 Å². The van der Waals surface area contributed by atoms with E-state index in [-0.39, 0.29) is 41.3 Å². The fourth-order valence-electron chi connectivity index (χ4n) is 4.41. The van der Waals surface area contributed by atoms with Gasteiger partial charge in [-0.05, 0) is 18.2 Å². The van der Waals surface area contributed by atoms with Crippen molar-refractivity contribution in [3.05, 3.63) is 83.7 Å². The first kappa shape index (κ1) is 27.9. The minimum absolute atomic E-state index is 0.0727. The zero-order valence-corrected chi connectivity index (χ0v) is 21.8. The molecule has 1 saturated heterocycles. The Morgan fingerprint density at radius 3 is 2.46 bits per heavy atom. The second kappa shape index (κ2) is 11.5. The molecule has 0 aliphatic carbocycles. The lowest BCUT2D eigenvalue weighted by molar-refractivity contribution is -0.137. The SMILES string of the molecule is Cn1ccc(-c2cc(C(=O)Nc3cnc(CC(=O)N4CCOCC4)nc3-c3ccccc3)c(F)cc2C(F)(F)F)n1. The fourth-order valence-corrected chi connectivity index (χ4v) is 4.41. The number of hydrogen-bond acceptors (Lipinski definition) is 6. The Labute approximate surface area is 231 Å². The van der Waals surface area contributed by atoms with Gasteiger partial charge < -0.3 is 15.0 Å². The molecule has 0 saturated carbocycles. The van der Waals surface area contributed by atoms with Gasteiger partial charge in [-0.25, -0.2) is 14.4 Å². The van der Waals surface area contributed by atoms with E-state index in [1.807, 2.05) is 0 Å². The third-order valence-electron chi connectivity index (χ3n) is 6.45. The summed E-state index contributed by atoms with van der Waals surface area (Å²) < 4.78 is 62.8. The molecular weight excluding hydrogens is 544 g/mol. The minimum atomic E-state index is -4.88. The van der Waals surface area contributed by atoms with Gasteiger partial charge in [-0.2, -0.15) is 18.3 Å². The van der Waals surface area contributed by atoms with Crippen LogP contribution in [0.3, 0.4) is 0 Å². The maximum absolute atomic E-state index is 15.0. The molecule has 1 aliphatic rings. The molecular formula is C28H24F4N6O3. The third-order valence-corrected chi connectivity index (χ3v) is 6.45. The fraction of sp³-hybridized carbons (Fsp3) is 0.250. The van der Waals surface area contributed by atoms with Crippen molar-refractivity contribution in [2.24, 2.45) is 7.05 Å². The van der Waals surface area contributed by atoms with E-state index in [1.54, 1.807) is 35.2 Å². The summed E-state index contributed by atoms with van der Waals surface area (Å²) in [6.07, 6.45) is -2.25. The Morgan fingerprint density at radius 2 is 1.80 bits per heavy atom. The molecule has 0 spiro atoms. The Bertz CT molecular complexity index is 1580. The number of morpholine rings is 1. The number of nitrogens with zero attached hydrogens (tertiary/aromatic N) is 5. The van der Waals surface area contributed by atoms with E-state index in [4.69, 9.17) is 4.74 Å². The van der Waals surface area contributed by atoms with Crippen molar-refractivity contribution in [2.45, 2.75) is 12.6 Å². The number of aromatic nitrogens is 4. The highest BCUT2D eigenvalue weighted by Crippen LogP contribution is 2.38. The van der Waals surface area contributed by atoms with Gasteiger partial charge in [-0.3, -0.25) is 14.3 Å². The first-order chi connectivity index (χ1) is 19.6. The molecule has 13 heteroatoms. The molecule has 4 aromatic rings. The van der Waals surface area contributed by atoms with Crippen molar-refractivity contribution in [1.82, 2.24) is 24.6 Å². The van der Waals surface area contributed by atoms with Crippen LogP contribution < -0.4 is 5.32 Å². The van der Waals surface area contributed by atoms with Crippen LogP contribution in [0.15, 0.2) is 60.9 Å². The van der Waals surface area contributed by atoms with Gasteiger partial charge in [0.05, 0.1) is 54.0 Å². The number of nitrogens with one attached hydrogen (secondary N) is 1. The third kappa shape index (κ3) is 6.24. The number of ether oxygens (including phenoxy) is 1. The molecule has 9 nitrogen and oxygen atoms in total. The number of alkyl halides is 3. The van der Waals surface area contributed by atoms with Crippen LogP contribution in [0, 0.1) is 5.82 Å². The zero-order valence-electron chi connectivity index (χ0n) is 21.8. The van der Waals surface area contributed by atoms with Gasteiger partial charge in [0.25, 0.3) is 5.91 Å². The van der Waals surface area contributed by atoms with E-state index >= 15 is 0 Å². The Kier molecular flexibility index (Phi) is 7.79. The van der Waals surface area contributed by atoms with E-state index in [1.165, 1.54) is 30.2 Å². The summed E-state index contributed by atoms with van der Waals surface area (Å²) in [5, 5.41) is 6.52. The summed E-state index contributed by atoms with van der Waals surface area (Å²) in [6, 6.07) is 11.2. The van der Waals surface area contributed by atoms with Gasteiger partial charge in [-0.15, -0.1) is 0 Å². The summed E-state index contributed by atoms with van der Waals surface area (Å²) in [5.74, 6) is -2.34. The van der Waals surface area contributed by atoms with Gasteiger partial charge in [-0.1, -0.05) is 30.3 Å². The van der Waals surface area contributed by atoms with Crippen LogP contribution in [0.4, 0.5) is 23.2 Å². The number of anilines is 1. The predicted molar refractivity (Wildman–Crippen MR) is 140 cm³/mol. The predicted octanol–water partition coefficient (Wildman–Crippen LogP) is 4.36. The van der Waals surface area contributed by atoms with Crippen LogP contribution in [-0.4, -0.2) is 62.8 Å². The molecule has 212 valence electrons. The number of rotatable bonds is 6. The quantitative estimate of drug-likeness (QED) is 0.347. The lowest BCUT2D eigenvalue weighted by Gasteiger charge is -2.26. The number of aryl methyl sites for hydroxylation is 1. The molecule has 5 rings (SSSR count). The van der Waals surface area contributed by atoms with E-state index in [0.29, 0.717) is 31.9 Å². The molecule has 1 aliphatic heterocycles. The van der Waals surface area contributed by atoms with E-state index < -0.39 is 34.6 Å². The molecule has 2 aromatic carbocycles. The zero-order chi connectivity index (χ0) is 29.1. The van der Waals surface area contributed by atoms with Gasteiger partial charge in [0, 0.05) is 37.5 Å². The average Bonchev–Trinajstić information content (AvgIpc) is 3.40. The lowest BCUT2D eigenvalue weighted by Crippen LogP contribution is -2.41. The molecule has 41 heavy (non-hydrogen) atoms. The molecule has 0 radical (unpaired) electrons. The van der Waals surface area contributed by atoms with Crippen molar-refractivity contribution in [1.29, 1.82) is 0 Å². The molecule has 0 bridgehead atoms. The number of benzene rings is 2. The van der Waals surface area contributed by atoms with Gasteiger partial charge in [0.15, 0.2) is 0 Å². The normalized spacial score (nSPS) is 13.7. The summed E-state index contributed by atoms with van der Waals surface area (Å²) in [7, 11) is 1.52. The number of carbonyl (C=O) groups excluding carboxylic acids is 2. The molecule has 2 aromatic heterocycles. The molecule has 0 unspecified atom stereocenters. The maximum atomic E-state index is 15.0. The molecule has 1 fully saturated rings. The van der Waals surface area contributed by atoms with Crippen LogP contribution in [0.2, 0.25) is 0 Å². The van der Waals surface area contributed by atoms with Crippen LogP contribution in [0.1, 0.15) is 21.7 Å². The summed E-state index contributed by atoms with van der Waals surface area (Å²) in [6.45, 7) is 1.79. The number of hydrogen-bond donors (Lipinski definition) is 1. The van der Waals surface area contributed by atoms with Crippen LogP contribution in [0.5, 0.6) is 0 Å². The van der Waals surface area contributed by atoms with Crippen molar-refractivity contribution in [3.63, 3.8) is 0 Å². The second-order valence-corrected chi connectivity index (χ2v) is 9.29. The summed E-state index contributed by atoms with van der Waals surface area (Å²) in [5.41, 5.74) is -1.47. The van der Waals surface area contributed by atoms with Crippen molar-refractivity contribution in [2.75, 3.05) is 31.6 Å². The average molecular weight is 569 g/mol. The molecule has 0 atom stereocenters. The van der Waals surface area contributed by atoms with Crippen molar-refractivity contribution in [3.8, 4) is 22.5 Å². The Hall–Kier alpha value is -4.65. The lowest BCUT2D eigenvalue weighted by atomic mass is 9.99.